The number of hydrogen-bond donors (Lipinski definition) is 2. The largest absolute Gasteiger partial charge is 2.00 e. The van der Waals surface area contributed by atoms with Gasteiger partial charge >= 0.3 is 27.7 Å². The summed E-state index contributed by atoms with van der Waals surface area (Å²) in [5, 5.41) is 0. The quantitative estimate of drug-likeness (QED) is 0.456. The van der Waals surface area contributed by atoms with Crippen LogP contribution in [0.25, 0.3) is 0 Å². The van der Waals surface area contributed by atoms with Crippen molar-refractivity contribution in [3.63, 3.8) is 0 Å². The zero-order valence-electron chi connectivity index (χ0n) is 8.86. The minimum absolute atomic E-state index is 0. The Hall–Kier alpha value is 0.643. The van der Waals surface area contributed by atoms with Crippen LogP contribution in [0.5, 0.6) is 0 Å². The predicted octanol–water partition coefficient (Wildman–Crippen LogP) is 2.87. The Bertz CT molecular complexity index is 75.8. The smallest absolute Gasteiger partial charge is 0.343 e. The van der Waals surface area contributed by atoms with Crippen molar-refractivity contribution in [3.8, 4) is 0 Å². The van der Waals surface area contributed by atoms with Crippen LogP contribution in [0.15, 0.2) is 0 Å². The molecule has 0 aliphatic heterocycles. The summed E-state index contributed by atoms with van der Waals surface area (Å²) in [6.07, 6.45) is 5.65. The van der Waals surface area contributed by atoms with Gasteiger partial charge in [-0.15, -0.1) is 9.79 Å². The summed E-state index contributed by atoms with van der Waals surface area (Å²) in [6.45, 7) is 9.85. The summed E-state index contributed by atoms with van der Waals surface area (Å²) in [6, 6.07) is 0. The maximum atomic E-state index is 8.70. The Labute approximate surface area is 95.7 Å². The van der Waals surface area contributed by atoms with Crippen LogP contribution >= 0.6 is 8.25 Å². The fourth-order valence-corrected chi connectivity index (χ4v) is 0.250. The summed E-state index contributed by atoms with van der Waals surface area (Å²) < 4.78 is 8.70. The van der Waals surface area contributed by atoms with E-state index in [0.29, 0.717) is 0 Å². The first-order valence-electron chi connectivity index (χ1n) is 3.94. The number of unbranched alkanes of at least 4 members (excludes halogenated alkanes) is 2. The SMILES string of the molecule is C[CH-]C.O=[P+](O)O.[CH2-]CCCC.[Zn+2]. The van der Waals surface area contributed by atoms with E-state index in [-0.39, 0.29) is 19.5 Å². The molecule has 0 heterocycles. The summed E-state index contributed by atoms with van der Waals surface area (Å²) in [7, 11) is -2.87. The van der Waals surface area contributed by atoms with E-state index in [1.165, 1.54) is 12.8 Å². The second-order valence-corrected chi connectivity index (χ2v) is 2.54. The molecule has 0 spiro atoms. The monoisotopic (exact) mass is 259 g/mol. The summed E-state index contributed by atoms with van der Waals surface area (Å²) in [5.41, 5.74) is 0. The van der Waals surface area contributed by atoms with E-state index in [4.69, 9.17) is 14.4 Å². The van der Waals surface area contributed by atoms with Crippen molar-refractivity contribution in [2.75, 3.05) is 0 Å². The fourth-order valence-electron chi connectivity index (χ4n) is 0.250. The van der Waals surface area contributed by atoms with Gasteiger partial charge in [-0.05, 0) is 0 Å². The Morgan fingerprint density at radius 3 is 1.62 bits per heavy atom. The molecule has 0 radical (unpaired) electrons. The predicted molar refractivity (Wildman–Crippen MR) is 52.6 cm³/mol. The first-order valence-corrected chi connectivity index (χ1v) is 5.11. The third kappa shape index (κ3) is 205. The average molecular weight is 261 g/mol. The van der Waals surface area contributed by atoms with Crippen molar-refractivity contribution in [2.45, 2.75) is 40.0 Å². The van der Waals surface area contributed by atoms with Crippen LogP contribution in [-0.4, -0.2) is 9.79 Å². The van der Waals surface area contributed by atoms with Crippen LogP contribution in [0.4, 0.5) is 0 Å². The molecule has 0 saturated heterocycles. The van der Waals surface area contributed by atoms with Crippen LogP contribution < -0.4 is 0 Å². The third-order valence-corrected chi connectivity index (χ3v) is 0.604. The molecular weight excluding hydrogens is 240 g/mol. The van der Waals surface area contributed by atoms with Crippen LogP contribution in [0.1, 0.15) is 40.0 Å². The van der Waals surface area contributed by atoms with Crippen LogP contribution in [0, 0.1) is 13.3 Å². The molecule has 5 heteroatoms. The van der Waals surface area contributed by atoms with E-state index < -0.39 is 8.25 Å². The van der Waals surface area contributed by atoms with Crippen molar-refractivity contribution in [2.24, 2.45) is 0 Å². The van der Waals surface area contributed by atoms with Crippen molar-refractivity contribution in [1.82, 2.24) is 0 Å². The molecule has 0 aromatic heterocycles. The maximum Gasteiger partial charge on any atom is 2.00 e. The average Bonchev–Trinajstić information content (AvgIpc) is 1.89. The van der Waals surface area contributed by atoms with E-state index >= 15 is 0 Å². The molecule has 3 nitrogen and oxygen atoms in total. The van der Waals surface area contributed by atoms with E-state index in [1.54, 1.807) is 0 Å². The molecule has 0 aromatic rings. The zero-order valence-corrected chi connectivity index (χ0v) is 12.7. The molecule has 0 aromatic carbocycles. The summed E-state index contributed by atoms with van der Waals surface area (Å²) >= 11 is 0. The van der Waals surface area contributed by atoms with E-state index in [0.717, 1.165) is 6.42 Å². The van der Waals surface area contributed by atoms with Gasteiger partial charge in [-0.25, -0.2) is 0 Å². The number of rotatable bonds is 2. The van der Waals surface area contributed by atoms with E-state index in [1.807, 2.05) is 20.3 Å². The topological polar surface area (TPSA) is 57.5 Å². The Morgan fingerprint density at radius 1 is 1.38 bits per heavy atom. The molecule has 0 aliphatic rings. The third-order valence-electron chi connectivity index (χ3n) is 0.604. The first-order chi connectivity index (χ1) is 5.56. The van der Waals surface area contributed by atoms with Gasteiger partial charge in [0.1, 0.15) is 0 Å². The Morgan fingerprint density at radius 2 is 1.62 bits per heavy atom. The van der Waals surface area contributed by atoms with Gasteiger partial charge in [-0.2, -0.15) is 20.3 Å². The molecule has 0 amide bonds. The molecule has 2 N–H and O–H groups in total. The summed E-state index contributed by atoms with van der Waals surface area (Å²) in [5.74, 6) is 0. The first kappa shape index (κ1) is 23.5. The molecular formula is C8H20O3PZn+. The molecule has 0 fully saturated rings. The van der Waals surface area contributed by atoms with Crippen molar-refractivity contribution < 1.29 is 33.8 Å². The zero-order chi connectivity index (χ0) is 10.4. The van der Waals surface area contributed by atoms with Gasteiger partial charge in [0, 0.05) is 4.57 Å². The molecule has 76 valence electrons. The number of hydrogen-bond acceptors (Lipinski definition) is 1. The normalized spacial score (nSPS) is 6.62. The molecule has 0 unspecified atom stereocenters. The van der Waals surface area contributed by atoms with Gasteiger partial charge in [-0.1, -0.05) is 19.8 Å². The molecule has 0 bridgehead atoms. The van der Waals surface area contributed by atoms with Gasteiger partial charge in [0.2, 0.25) is 0 Å². The van der Waals surface area contributed by atoms with Gasteiger partial charge in [-0.3, -0.25) is 0 Å². The van der Waals surface area contributed by atoms with Crippen LogP contribution in [0.2, 0.25) is 0 Å². The molecule has 0 saturated carbocycles. The molecule has 0 aliphatic carbocycles. The summed E-state index contributed by atoms with van der Waals surface area (Å²) in [4.78, 5) is 14.2. The van der Waals surface area contributed by atoms with E-state index in [9.17, 15) is 0 Å². The van der Waals surface area contributed by atoms with Crippen LogP contribution in [-0.2, 0) is 24.0 Å². The fraction of sp³-hybridized carbons (Fsp3) is 0.750. The van der Waals surface area contributed by atoms with Crippen LogP contribution in [0.3, 0.4) is 0 Å². The minimum Gasteiger partial charge on any atom is -0.343 e. The van der Waals surface area contributed by atoms with Crippen molar-refractivity contribution in [3.05, 3.63) is 13.3 Å². The van der Waals surface area contributed by atoms with Crippen molar-refractivity contribution >= 4 is 8.25 Å². The van der Waals surface area contributed by atoms with Gasteiger partial charge in [0.15, 0.2) is 0 Å². The van der Waals surface area contributed by atoms with Gasteiger partial charge < -0.3 is 13.3 Å². The molecule has 0 rings (SSSR count). The minimum atomic E-state index is -2.87. The second kappa shape index (κ2) is 29.3. The maximum absolute atomic E-state index is 8.70. The van der Waals surface area contributed by atoms with Gasteiger partial charge in [0.05, 0.1) is 0 Å². The van der Waals surface area contributed by atoms with E-state index in [2.05, 4.69) is 13.8 Å². The molecule has 13 heavy (non-hydrogen) atoms. The van der Waals surface area contributed by atoms with Crippen molar-refractivity contribution in [1.29, 1.82) is 0 Å². The van der Waals surface area contributed by atoms with Gasteiger partial charge in [0.25, 0.3) is 0 Å². The Balaban J connectivity index is -0.0000000465. The Kier molecular flexibility index (Phi) is 52.9. The standard InChI is InChI=1S/C5H11.C3H7.HO3P.Zn/c1-3-5-4-2;1-3-2;1-4(2)3;/h1,3-5H2,2H3;3H,1-2H3;(H-,1,2,3);/q2*-1;;+2/p+1. The second-order valence-electron chi connectivity index (χ2n) is 2.04. The molecule has 0 atom stereocenters.